The van der Waals surface area contributed by atoms with Crippen LogP contribution < -0.4 is 0 Å². The Kier molecular flexibility index (Phi) is 15.7. The third kappa shape index (κ3) is 11.3. The van der Waals surface area contributed by atoms with Crippen molar-refractivity contribution in [3.8, 4) is 124 Å². The van der Waals surface area contributed by atoms with Crippen molar-refractivity contribution in [2.24, 2.45) is 0 Å². The van der Waals surface area contributed by atoms with E-state index in [9.17, 15) is 0 Å². The number of furan rings is 2. The molecule has 0 aliphatic carbocycles. The van der Waals surface area contributed by atoms with Crippen LogP contribution in [0.15, 0.2) is 397 Å². The van der Waals surface area contributed by atoms with Crippen LogP contribution in [0.3, 0.4) is 0 Å². The van der Waals surface area contributed by atoms with Crippen molar-refractivity contribution >= 4 is 172 Å². The van der Waals surface area contributed by atoms with Gasteiger partial charge in [-0.25, -0.2) is 29.9 Å². The van der Waals surface area contributed by atoms with E-state index in [0.29, 0.717) is 34.9 Å². The maximum atomic E-state index is 7.35. The van der Waals surface area contributed by atoms with Crippen LogP contribution in [0.25, 0.3) is 273 Å². The van der Waals surface area contributed by atoms with Crippen LogP contribution in [0.5, 0.6) is 0 Å². The smallest absolute Gasteiger partial charge is 0.164 e. The number of hydrogen-bond donors (Lipinski definition) is 0. The van der Waals surface area contributed by atoms with Gasteiger partial charge in [0.25, 0.3) is 0 Å². The highest BCUT2D eigenvalue weighted by atomic mass is 32.1. The minimum absolute atomic E-state index is 0.536. The molecule has 0 atom stereocenters. The number of rotatable bonds is 11. The van der Waals surface area contributed by atoms with Crippen LogP contribution >= 0.6 is 22.7 Å². The zero-order valence-electron chi connectivity index (χ0n) is 66.3. The van der Waals surface area contributed by atoms with Gasteiger partial charge in [-0.05, 0) is 206 Å². The highest BCUT2D eigenvalue weighted by Crippen LogP contribution is 2.49. The first kappa shape index (κ1) is 69.9. The summed E-state index contributed by atoms with van der Waals surface area (Å²) in [5.41, 5.74) is 18.9. The fourth-order valence-electron chi connectivity index (χ4n) is 19.3. The van der Waals surface area contributed by atoms with Gasteiger partial charge < -0.3 is 8.83 Å². The largest absolute Gasteiger partial charge is 0.456 e. The van der Waals surface area contributed by atoms with E-state index in [4.69, 9.17) is 38.7 Å². The Labute approximate surface area is 717 Å². The molecule has 0 bridgehead atoms. The molecule has 26 rings (SSSR count). The topological polar surface area (TPSA) is 104 Å². The maximum absolute atomic E-state index is 7.35. The van der Waals surface area contributed by atoms with Crippen LogP contribution in [0.1, 0.15) is 0 Å². The quantitative estimate of drug-likeness (QED) is 0.118. The van der Waals surface area contributed by atoms with Crippen LogP contribution in [0.2, 0.25) is 0 Å². The lowest BCUT2D eigenvalue weighted by Gasteiger charge is -2.14. The summed E-state index contributed by atoms with van der Waals surface area (Å²) in [6, 6.07) is 139. The molecule has 0 unspecified atom stereocenters. The average Bonchev–Trinajstić information content (AvgIpc) is 1.42. The lowest BCUT2D eigenvalue weighted by atomic mass is 9.90. The number of hydrogen-bond acceptors (Lipinski definition) is 10. The van der Waals surface area contributed by atoms with Crippen molar-refractivity contribution < 1.29 is 8.83 Å². The van der Waals surface area contributed by atoms with E-state index in [2.05, 4.69) is 370 Å². The lowest BCUT2D eigenvalue weighted by molar-refractivity contribution is 0.669. The van der Waals surface area contributed by atoms with E-state index in [1.807, 2.05) is 18.2 Å². The number of benzene rings is 20. The molecule has 0 aliphatic rings. The molecule has 6 aromatic heterocycles. The first-order valence-electron chi connectivity index (χ1n) is 41.7. The van der Waals surface area contributed by atoms with E-state index in [-0.39, 0.29) is 0 Å². The predicted octanol–water partition coefficient (Wildman–Crippen LogP) is 31.8. The number of thiophene rings is 2. The van der Waals surface area contributed by atoms with Gasteiger partial charge in [0.2, 0.25) is 0 Å². The Balaban J connectivity index is 0.612. The van der Waals surface area contributed by atoms with Crippen molar-refractivity contribution in [2.45, 2.75) is 0 Å². The molecule has 124 heavy (non-hydrogen) atoms. The monoisotopic (exact) mass is 1610 g/mol. The second-order valence-corrected chi connectivity index (χ2v) is 34.3. The van der Waals surface area contributed by atoms with E-state index in [1.54, 1.807) is 22.7 Å². The van der Waals surface area contributed by atoms with Gasteiger partial charge in [0.1, 0.15) is 22.3 Å². The summed E-state index contributed by atoms with van der Waals surface area (Å²) in [6.45, 7) is 0. The van der Waals surface area contributed by atoms with Gasteiger partial charge in [0.15, 0.2) is 34.9 Å². The Morgan fingerprint density at radius 1 is 0.153 bits per heavy atom. The third-order valence-electron chi connectivity index (χ3n) is 25.2. The average molecular weight is 1610 g/mol. The SMILES string of the molecule is c1ccc(-c2nc(-c3ccc(-c4cccc5oc6c(-c7cccc(-c8nc(-c9ccc(-c%10cccc%11oc%12ccc(-c%13ccc%14c%15ccccc%15c%15ccccc%15c%14c%13)cc%12c%10%11)cc9)nc(-c9ccc%10sc%11ccccc%11c%10c9)n8)c7)cc(-c7ccc8c9ccccc9c9ccccc9c8c7)cc6c45)cc3)nc(-c3cccc4sc5ccccc5c34)n2)cc1. The van der Waals surface area contributed by atoms with E-state index in [1.165, 1.54) is 94.2 Å². The molecule has 0 saturated carbocycles. The Morgan fingerprint density at radius 3 is 1.10 bits per heavy atom. The van der Waals surface area contributed by atoms with Gasteiger partial charge in [-0.3, -0.25) is 0 Å². The van der Waals surface area contributed by atoms with Crippen molar-refractivity contribution in [3.63, 3.8) is 0 Å². The van der Waals surface area contributed by atoms with Gasteiger partial charge in [0.05, 0.1) is 0 Å². The normalized spacial score (nSPS) is 12.0. The van der Waals surface area contributed by atoms with Crippen molar-refractivity contribution in [3.05, 3.63) is 388 Å². The zero-order valence-corrected chi connectivity index (χ0v) is 67.9. The highest BCUT2D eigenvalue weighted by Gasteiger charge is 2.25. The standard InChI is InChI=1S/C114H64N6O2S2/c1-2-20-67(21-3-1)109-115-111(120-114(119-109)91-36-19-41-104-107(91)90-33-13-15-40-102(90)124-104)69-48-44-66(45-49-69)78-35-18-38-100-106(78)97-64-76(72-51-55-88-84-29-7-5-25-80(84)82-27-9-11-31-86(82)94(88)60-72)63-92(108(97)122-100)73-22-16-23-74(58-73)112-116-110(117-113(118-112)75-53-57-103-95(62-75)89-32-12-14-39-101(89)123-103)68-46-42-65(43-47-68)77-34-17-37-99-105(77)96-61-71(52-56-98(96)121-99)70-50-54-87-83-28-6-4-24-79(83)81-26-8-10-30-85(81)93(87)59-70/h1-64H. The molecule has 0 saturated heterocycles. The van der Waals surface area contributed by atoms with Crippen LogP contribution in [0, 0.1) is 0 Å². The van der Waals surface area contributed by atoms with Crippen LogP contribution in [0.4, 0.5) is 0 Å². The zero-order chi connectivity index (χ0) is 81.2. The fourth-order valence-corrected chi connectivity index (χ4v) is 21.5. The molecule has 10 heteroatoms. The molecule has 26 aromatic rings. The predicted molar refractivity (Wildman–Crippen MR) is 518 cm³/mol. The Morgan fingerprint density at radius 2 is 0.508 bits per heavy atom. The summed E-state index contributed by atoms with van der Waals surface area (Å²) in [5, 5.41) is 23.6. The summed E-state index contributed by atoms with van der Waals surface area (Å²) in [6.07, 6.45) is 0. The van der Waals surface area contributed by atoms with Gasteiger partial charge in [0, 0.05) is 101 Å². The first-order chi connectivity index (χ1) is 61.4. The van der Waals surface area contributed by atoms with Gasteiger partial charge in [-0.2, -0.15) is 0 Å². The lowest BCUT2D eigenvalue weighted by Crippen LogP contribution is -2.00. The maximum Gasteiger partial charge on any atom is 0.164 e. The molecule has 8 nitrogen and oxygen atoms in total. The fraction of sp³-hybridized carbons (Fsp3) is 0. The molecule has 0 fully saturated rings. The van der Waals surface area contributed by atoms with Crippen LogP contribution in [-0.2, 0) is 0 Å². The summed E-state index contributed by atoms with van der Waals surface area (Å²) < 4.78 is 18.9. The number of nitrogens with zero attached hydrogens (tertiary/aromatic N) is 6. The Bertz CT molecular complexity index is 8950. The molecule has 0 aliphatic heterocycles. The van der Waals surface area contributed by atoms with Crippen LogP contribution in [-0.4, -0.2) is 29.9 Å². The second kappa shape index (κ2) is 27.8. The first-order valence-corrected chi connectivity index (χ1v) is 43.4. The van der Waals surface area contributed by atoms with E-state index >= 15 is 0 Å². The van der Waals surface area contributed by atoms with E-state index in [0.717, 1.165) is 144 Å². The summed E-state index contributed by atoms with van der Waals surface area (Å²) in [5.74, 6) is 3.48. The minimum atomic E-state index is 0.536. The summed E-state index contributed by atoms with van der Waals surface area (Å²) >= 11 is 3.58. The van der Waals surface area contributed by atoms with Gasteiger partial charge in [-0.15, -0.1) is 22.7 Å². The summed E-state index contributed by atoms with van der Waals surface area (Å²) in [7, 11) is 0. The third-order valence-corrected chi connectivity index (χ3v) is 27.5. The Hall–Kier alpha value is -16.0. The molecule has 0 spiro atoms. The highest BCUT2D eigenvalue weighted by molar-refractivity contribution is 7.26. The second-order valence-electron chi connectivity index (χ2n) is 32.2. The van der Waals surface area contributed by atoms with Crippen molar-refractivity contribution in [1.82, 2.24) is 29.9 Å². The molecular formula is C114H64N6O2S2. The van der Waals surface area contributed by atoms with Gasteiger partial charge >= 0.3 is 0 Å². The number of aromatic nitrogens is 6. The molecule has 20 aromatic carbocycles. The molecule has 6 heterocycles. The number of fused-ring (bicyclic) bond motifs is 24. The molecule has 0 N–H and O–H groups in total. The van der Waals surface area contributed by atoms with Crippen molar-refractivity contribution in [2.75, 3.05) is 0 Å². The van der Waals surface area contributed by atoms with Gasteiger partial charge in [-0.1, -0.05) is 297 Å². The molecular weight excluding hydrogens is 1550 g/mol. The summed E-state index contributed by atoms with van der Waals surface area (Å²) in [4.78, 5) is 32.2. The molecule has 0 amide bonds. The van der Waals surface area contributed by atoms with E-state index < -0.39 is 0 Å². The molecule has 574 valence electrons. The van der Waals surface area contributed by atoms with Crippen molar-refractivity contribution in [1.29, 1.82) is 0 Å². The minimum Gasteiger partial charge on any atom is -0.456 e. The molecule has 0 radical (unpaired) electrons.